The minimum absolute atomic E-state index is 0.0542. The predicted molar refractivity (Wildman–Crippen MR) is 89.9 cm³/mol. The molecule has 23 heavy (non-hydrogen) atoms. The van der Waals surface area contributed by atoms with Crippen LogP contribution in [-0.4, -0.2) is 29.8 Å². The van der Waals surface area contributed by atoms with Gasteiger partial charge < -0.3 is 9.47 Å². The molecular weight excluding hydrogens is 314 g/mol. The van der Waals surface area contributed by atoms with Gasteiger partial charge >= 0.3 is 0 Å². The number of nitrogens with zero attached hydrogens (tertiary/aromatic N) is 2. The number of carbonyl (C=O) groups is 1. The first-order chi connectivity index (χ1) is 10.9. The molecule has 0 aliphatic rings. The summed E-state index contributed by atoms with van der Waals surface area (Å²) in [5.41, 5.74) is 1.01. The first-order valence-corrected chi connectivity index (χ1v) is 8.05. The second-order valence-electron chi connectivity index (χ2n) is 6.02. The van der Waals surface area contributed by atoms with Crippen LogP contribution in [0.2, 0.25) is 0 Å². The molecule has 6 nitrogen and oxygen atoms in total. The number of anilines is 1. The van der Waals surface area contributed by atoms with Gasteiger partial charge in [-0.25, -0.2) is 0 Å². The van der Waals surface area contributed by atoms with Crippen LogP contribution in [0.5, 0.6) is 5.75 Å². The molecule has 1 aromatic carbocycles. The molecule has 2 rings (SSSR count). The molecule has 1 amide bonds. The summed E-state index contributed by atoms with van der Waals surface area (Å²) >= 11 is 1.28. The maximum absolute atomic E-state index is 12.0. The molecular formula is C16H21N3O3S. The van der Waals surface area contributed by atoms with Crippen molar-refractivity contribution in [1.82, 2.24) is 10.2 Å². The lowest BCUT2D eigenvalue weighted by Gasteiger charge is -2.22. The molecule has 124 valence electrons. The van der Waals surface area contributed by atoms with E-state index in [0.29, 0.717) is 22.5 Å². The molecule has 2 aromatic rings. The number of ether oxygens (including phenoxy) is 2. The van der Waals surface area contributed by atoms with E-state index in [1.165, 1.54) is 11.3 Å². The van der Waals surface area contributed by atoms with Crippen molar-refractivity contribution in [2.75, 3.05) is 19.0 Å². The molecule has 0 saturated heterocycles. The molecule has 0 fully saturated rings. The van der Waals surface area contributed by atoms with E-state index in [9.17, 15) is 4.79 Å². The Morgan fingerprint density at radius 1 is 1.26 bits per heavy atom. The van der Waals surface area contributed by atoms with Crippen molar-refractivity contribution >= 4 is 22.4 Å². The largest absolute Gasteiger partial charge is 0.483 e. The Bertz CT molecular complexity index is 665. The van der Waals surface area contributed by atoms with E-state index in [1.54, 1.807) is 7.11 Å². The topological polar surface area (TPSA) is 73.3 Å². The minimum atomic E-state index is -0.270. The quantitative estimate of drug-likeness (QED) is 0.878. The molecule has 1 N–H and O–H groups in total. The fraction of sp³-hybridized carbons (Fsp3) is 0.438. The van der Waals surface area contributed by atoms with Gasteiger partial charge in [-0.05, 0) is 17.0 Å². The third-order valence-electron chi connectivity index (χ3n) is 3.03. The number of carbonyl (C=O) groups excluding carboxylic acids is 1. The average molecular weight is 335 g/mol. The standard InChI is InChI=1S/C16H21N3O3S/c1-16(2,3)11-7-5-6-8-12(11)22-9-13(20)17-15-19-18-14(23-15)10-21-4/h5-8H,9-10H2,1-4H3,(H,17,19,20). The van der Waals surface area contributed by atoms with Crippen LogP contribution in [-0.2, 0) is 21.6 Å². The van der Waals surface area contributed by atoms with Gasteiger partial charge in [0, 0.05) is 7.11 Å². The lowest BCUT2D eigenvalue weighted by Crippen LogP contribution is -2.21. The molecule has 0 bridgehead atoms. The fourth-order valence-corrected chi connectivity index (χ4v) is 2.72. The van der Waals surface area contributed by atoms with E-state index in [-0.39, 0.29) is 17.9 Å². The summed E-state index contributed by atoms with van der Waals surface area (Å²) in [6.07, 6.45) is 0. The van der Waals surface area contributed by atoms with Gasteiger partial charge in [0.2, 0.25) is 5.13 Å². The van der Waals surface area contributed by atoms with Gasteiger partial charge in [-0.1, -0.05) is 50.3 Å². The molecule has 0 radical (unpaired) electrons. The first kappa shape index (κ1) is 17.4. The number of nitrogens with one attached hydrogen (secondary N) is 1. The Balaban J connectivity index is 1.94. The number of benzene rings is 1. The highest BCUT2D eigenvalue weighted by Crippen LogP contribution is 2.30. The Labute approximate surface area is 139 Å². The van der Waals surface area contributed by atoms with Crippen molar-refractivity contribution in [1.29, 1.82) is 0 Å². The lowest BCUT2D eigenvalue weighted by molar-refractivity contribution is -0.118. The van der Waals surface area contributed by atoms with Crippen LogP contribution in [0.1, 0.15) is 31.3 Å². The van der Waals surface area contributed by atoms with E-state index >= 15 is 0 Å². The van der Waals surface area contributed by atoms with E-state index in [2.05, 4.69) is 36.3 Å². The monoisotopic (exact) mass is 335 g/mol. The molecule has 0 spiro atoms. The average Bonchev–Trinajstić information content (AvgIpc) is 2.92. The maximum atomic E-state index is 12.0. The second kappa shape index (κ2) is 7.52. The summed E-state index contributed by atoms with van der Waals surface area (Å²) in [7, 11) is 1.58. The van der Waals surface area contributed by atoms with Crippen LogP contribution >= 0.6 is 11.3 Å². The lowest BCUT2D eigenvalue weighted by atomic mass is 9.86. The smallest absolute Gasteiger partial charge is 0.264 e. The zero-order valence-electron chi connectivity index (χ0n) is 13.8. The summed E-state index contributed by atoms with van der Waals surface area (Å²) in [5.74, 6) is 0.446. The highest BCUT2D eigenvalue weighted by molar-refractivity contribution is 7.15. The summed E-state index contributed by atoms with van der Waals surface area (Å²) in [6, 6.07) is 7.74. The first-order valence-electron chi connectivity index (χ1n) is 7.23. The van der Waals surface area contributed by atoms with Crippen LogP contribution in [0.4, 0.5) is 5.13 Å². The van der Waals surface area contributed by atoms with Crippen LogP contribution in [0.15, 0.2) is 24.3 Å². The summed E-state index contributed by atoms with van der Waals surface area (Å²) in [4.78, 5) is 12.0. The van der Waals surface area contributed by atoms with Gasteiger partial charge in [0.05, 0.1) is 0 Å². The number of amides is 1. The van der Waals surface area contributed by atoms with Crippen LogP contribution in [0.25, 0.3) is 0 Å². The Morgan fingerprint density at radius 3 is 2.70 bits per heavy atom. The third-order valence-corrected chi connectivity index (χ3v) is 3.85. The van der Waals surface area contributed by atoms with Crippen molar-refractivity contribution in [3.05, 3.63) is 34.8 Å². The maximum Gasteiger partial charge on any atom is 0.264 e. The third kappa shape index (κ3) is 5.01. The van der Waals surface area contributed by atoms with Crippen LogP contribution in [0.3, 0.4) is 0 Å². The number of aromatic nitrogens is 2. The Hall–Kier alpha value is -1.99. The molecule has 1 aromatic heterocycles. The Kier molecular flexibility index (Phi) is 5.68. The van der Waals surface area contributed by atoms with E-state index < -0.39 is 0 Å². The van der Waals surface area contributed by atoms with Gasteiger partial charge in [0.15, 0.2) is 6.61 Å². The van der Waals surface area contributed by atoms with Crippen LogP contribution in [0, 0.1) is 0 Å². The SMILES string of the molecule is COCc1nnc(NC(=O)COc2ccccc2C(C)(C)C)s1. The molecule has 0 aliphatic carbocycles. The molecule has 7 heteroatoms. The molecule has 0 aliphatic heterocycles. The highest BCUT2D eigenvalue weighted by Gasteiger charge is 2.19. The highest BCUT2D eigenvalue weighted by atomic mass is 32.1. The van der Waals surface area contributed by atoms with E-state index in [4.69, 9.17) is 9.47 Å². The number of para-hydroxylation sites is 1. The zero-order chi connectivity index (χ0) is 16.9. The summed E-state index contributed by atoms with van der Waals surface area (Å²) in [5, 5.41) is 11.6. The zero-order valence-corrected chi connectivity index (χ0v) is 14.6. The fourth-order valence-electron chi connectivity index (χ4n) is 2.00. The molecule has 0 unspecified atom stereocenters. The summed E-state index contributed by atoms with van der Waals surface area (Å²) in [6.45, 7) is 6.62. The van der Waals surface area contributed by atoms with Gasteiger partial charge in [-0.15, -0.1) is 10.2 Å². The minimum Gasteiger partial charge on any atom is -0.483 e. The van der Waals surface area contributed by atoms with Crippen molar-refractivity contribution in [2.24, 2.45) is 0 Å². The molecule has 0 atom stereocenters. The van der Waals surface area contributed by atoms with Crippen molar-refractivity contribution in [2.45, 2.75) is 32.8 Å². The van der Waals surface area contributed by atoms with Gasteiger partial charge in [0.1, 0.15) is 17.4 Å². The van der Waals surface area contributed by atoms with Crippen molar-refractivity contribution in [3.8, 4) is 5.75 Å². The predicted octanol–water partition coefficient (Wildman–Crippen LogP) is 3.00. The van der Waals surface area contributed by atoms with Gasteiger partial charge in [0.25, 0.3) is 5.91 Å². The number of rotatable bonds is 6. The van der Waals surface area contributed by atoms with Crippen molar-refractivity contribution < 1.29 is 14.3 Å². The molecule has 1 heterocycles. The van der Waals surface area contributed by atoms with Crippen molar-refractivity contribution in [3.63, 3.8) is 0 Å². The normalized spacial score (nSPS) is 11.3. The second-order valence-corrected chi connectivity index (χ2v) is 7.08. The van der Waals surface area contributed by atoms with E-state index in [0.717, 1.165) is 5.56 Å². The number of methoxy groups -OCH3 is 1. The van der Waals surface area contributed by atoms with Crippen LogP contribution < -0.4 is 10.1 Å². The number of hydrogen-bond acceptors (Lipinski definition) is 6. The number of hydrogen-bond donors (Lipinski definition) is 1. The molecule has 0 saturated carbocycles. The van der Waals surface area contributed by atoms with E-state index in [1.807, 2.05) is 24.3 Å². The Morgan fingerprint density at radius 2 is 2.00 bits per heavy atom. The van der Waals surface area contributed by atoms with Gasteiger partial charge in [-0.2, -0.15) is 0 Å². The summed E-state index contributed by atoms with van der Waals surface area (Å²) < 4.78 is 10.6. The van der Waals surface area contributed by atoms with Gasteiger partial charge in [-0.3, -0.25) is 10.1 Å².